The summed E-state index contributed by atoms with van der Waals surface area (Å²) in [6.45, 7) is 2.55. The van der Waals surface area contributed by atoms with E-state index >= 15 is 0 Å². The zero-order valence-electron chi connectivity index (χ0n) is 14.8. The molecule has 0 saturated carbocycles. The Kier molecular flexibility index (Phi) is 5.35. The van der Waals surface area contributed by atoms with Crippen LogP contribution in [0.15, 0.2) is 48.5 Å². The Hall–Kier alpha value is -3.42. The van der Waals surface area contributed by atoms with Crippen molar-refractivity contribution in [2.75, 3.05) is 23.4 Å². The lowest BCUT2D eigenvalue weighted by Gasteiger charge is -2.17. The van der Waals surface area contributed by atoms with Gasteiger partial charge in [0, 0.05) is 30.8 Å². The van der Waals surface area contributed by atoms with E-state index in [0.29, 0.717) is 23.7 Å². The molecule has 3 rings (SSSR count). The Morgan fingerprint density at radius 3 is 2.63 bits per heavy atom. The maximum Gasteiger partial charge on any atom is 0.269 e. The van der Waals surface area contributed by atoms with E-state index in [1.165, 1.54) is 29.2 Å². The number of carbonyl (C=O) groups excluding carboxylic acids is 2. The van der Waals surface area contributed by atoms with E-state index in [0.717, 1.165) is 0 Å². The monoisotopic (exact) mass is 369 g/mol. The second-order valence-corrected chi connectivity index (χ2v) is 6.10. The molecule has 140 valence electrons. The molecule has 2 aromatic rings. The second kappa shape index (κ2) is 7.86. The van der Waals surface area contributed by atoms with Gasteiger partial charge in [-0.05, 0) is 31.2 Å². The molecule has 1 atom stereocenters. The van der Waals surface area contributed by atoms with Gasteiger partial charge in [-0.15, -0.1) is 0 Å². The lowest BCUT2D eigenvalue weighted by Crippen LogP contribution is -2.28. The van der Waals surface area contributed by atoms with E-state index < -0.39 is 10.8 Å². The van der Waals surface area contributed by atoms with Crippen molar-refractivity contribution in [3.8, 4) is 5.75 Å². The van der Waals surface area contributed by atoms with Gasteiger partial charge in [0.05, 0.1) is 23.1 Å². The highest BCUT2D eigenvalue weighted by atomic mass is 16.6. The maximum absolute atomic E-state index is 12.6. The van der Waals surface area contributed by atoms with Crippen molar-refractivity contribution in [1.82, 2.24) is 0 Å². The first-order valence-corrected chi connectivity index (χ1v) is 8.57. The van der Waals surface area contributed by atoms with Gasteiger partial charge in [0.2, 0.25) is 11.8 Å². The molecule has 1 fully saturated rings. The minimum atomic E-state index is -0.512. The van der Waals surface area contributed by atoms with Gasteiger partial charge < -0.3 is 15.0 Å². The van der Waals surface area contributed by atoms with E-state index in [1.54, 1.807) is 18.2 Å². The number of nitrogens with zero attached hydrogens (tertiary/aromatic N) is 2. The summed E-state index contributed by atoms with van der Waals surface area (Å²) in [4.78, 5) is 36.6. The van der Waals surface area contributed by atoms with Crippen molar-refractivity contribution in [2.24, 2.45) is 5.92 Å². The Labute approximate surface area is 155 Å². The molecule has 1 N–H and O–H groups in total. The van der Waals surface area contributed by atoms with Gasteiger partial charge in [-0.3, -0.25) is 19.7 Å². The quantitative estimate of drug-likeness (QED) is 0.623. The molecule has 8 heteroatoms. The first-order valence-electron chi connectivity index (χ1n) is 8.57. The van der Waals surface area contributed by atoms with Crippen molar-refractivity contribution in [1.29, 1.82) is 0 Å². The summed E-state index contributed by atoms with van der Waals surface area (Å²) in [6.07, 6.45) is 0.0830. The van der Waals surface area contributed by atoms with Crippen LogP contribution in [-0.2, 0) is 9.59 Å². The van der Waals surface area contributed by atoms with E-state index in [2.05, 4.69) is 5.32 Å². The molecule has 1 saturated heterocycles. The second-order valence-electron chi connectivity index (χ2n) is 6.10. The SMILES string of the molecule is CCOc1ccccc1NC(=O)[C@H]1CC(=O)N(c2ccc([N+](=O)[O-])cc2)C1. The Morgan fingerprint density at radius 2 is 1.96 bits per heavy atom. The predicted molar refractivity (Wildman–Crippen MR) is 99.8 cm³/mol. The minimum absolute atomic E-state index is 0.0489. The number of carbonyl (C=O) groups is 2. The fourth-order valence-electron chi connectivity index (χ4n) is 2.97. The summed E-state index contributed by atoms with van der Waals surface area (Å²) in [6, 6.07) is 12.8. The van der Waals surface area contributed by atoms with Crippen LogP contribution >= 0.6 is 0 Å². The van der Waals surface area contributed by atoms with E-state index in [1.807, 2.05) is 13.0 Å². The highest BCUT2D eigenvalue weighted by molar-refractivity contribution is 6.03. The predicted octanol–water partition coefficient (Wildman–Crippen LogP) is 2.99. The molecule has 0 aromatic heterocycles. The third-order valence-corrected chi connectivity index (χ3v) is 4.31. The van der Waals surface area contributed by atoms with Gasteiger partial charge >= 0.3 is 0 Å². The number of hydrogen-bond acceptors (Lipinski definition) is 5. The van der Waals surface area contributed by atoms with Gasteiger partial charge in [0.15, 0.2) is 0 Å². The molecule has 0 radical (unpaired) electrons. The van der Waals surface area contributed by atoms with Crippen LogP contribution in [0.1, 0.15) is 13.3 Å². The van der Waals surface area contributed by atoms with Crippen LogP contribution in [0, 0.1) is 16.0 Å². The number of nitrogens with one attached hydrogen (secondary N) is 1. The smallest absolute Gasteiger partial charge is 0.269 e. The zero-order valence-corrected chi connectivity index (χ0v) is 14.8. The molecule has 1 aliphatic heterocycles. The maximum atomic E-state index is 12.6. The standard InChI is InChI=1S/C19H19N3O5/c1-2-27-17-6-4-3-5-16(17)20-19(24)13-11-18(23)21(12-13)14-7-9-15(10-8-14)22(25)26/h3-10,13H,2,11-12H2,1H3,(H,20,24)/t13-/m0/s1. The number of nitro benzene ring substituents is 1. The van der Waals surface area contributed by atoms with Gasteiger partial charge in [-0.2, -0.15) is 0 Å². The van der Waals surface area contributed by atoms with Gasteiger partial charge in [-0.25, -0.2) is 0 Å². The summed E-state index contributed by atoms with van der Waals surface area (Å²) >= 11 is 0. The number of hydrogen-bond donors (Lipinski definition) is 1. The number of non-ortho nitro benzene ring substituents is 1. The normalized spacial score (nSPS) is 16.3. The first kappa shape index (κ1) is 18.4. The van der Waals surface area contributed by atoms with Gasteiger partial charge in [-0.1, -0.05) is 12.1 Å². The minimum Gasteiger partial charge on any atom is -0.492 e. The average molecular weight is 369 g/mol. The van der Waals surface area contributed by atoms with Crippen LogP contribution in [0.3, 0.4) is 0 Å². The third kappa shape index (κ3) is 4.05. The molecule has 0 aliphatic carbocycles. The van der Waals surface area contributed by atoms with Crippen LogP contribution in [0.2, 0.25) is 0 Å². The molecular weight excluding hydrogens is 350 g/mol. The molecule has 0 spiro atoms. The number of anilines is 2. The fraction of sp³-hybridized carbons (Fsp3) is 0.263. The number of rotatable bonds is 6. The first-order chi connectivity index (χ1) is 13.0. The molecule has 0 bridgehead atoms. The Morgan fingerprint density at radius 1 is 1.26 bits per heavy atom. The molecule has 2 amide bonds. The van der Waals surface area contributed by atoms with Gasteiger partial charge in [0.1, 0.15) is 5.75 Å². The summed E-state index contributed by atoms with van der Waals surface area (Å²) in [5, 5.41) is 13.6. The molecule has 1 heterocycles. The number of benzene rings is 2. The number of ether oxygens (including phenoxy) is 1. The Balaban J connectivity index is 1.70. The molecule has 2 aromatic carbocycles. The fourth-order valence-corrected chi connectivity index (χ4v) is 2.97. The highest BCUT2D eigenvalue weighted by Crippen LogP contribution is 2.29. The number of nitro groups is 1. The lowest BCUT2D eigenvalue weighted by atomic mass is 10.1. The third-order valence-electron chi connectivity index (χ3n) is 4.31. The van der Waals surface area contributed by atoms with Crippen molar-refractivity contribution in [2.45, 2.75) is 13.3 Å². The van der Waals surface area contributed by atoms with E-state index in [9.17, 15) is 19.7 Å². The summed E-state index contributed by atoms with van der Waals surface area (Å²) in [7, 11) is 0. The van der Waals surface area contributed by atoms with Crippen molar-refractivity contribution < 1.29 is 19.2 Å². The van der Waals surface area contributed by atoms with Crippen molar-refractivity contribution >= 4 is 28.9 Å². The van der Waals surface area contributed by atoms with Crippen molar-refractivity contribution in [3.05, 3.63) is 58.6 Å². The molecule has 27 heavy (non-hydrogen) atoms. The van der Waals surface area contributed by atoms with Crippen LogP contribution in [0.5, 0.6) is 5.75 Å². The van der Waals surface area contributed by atoms with Crippen molar-refractivity contribution in [3.63, 3.8) is 0 Å². The highest BCUT2D eigenvalue weighted by Gasteiger charge is 2.35. The Bertz CT molecular complexity index is 866. The zero-order chi connectivity index (χ0) is 19.4. The van der Waals surface area contributed by atoms with E-state index in [4.69, 9.17) is 4.74 Å². The number of amides is 2. The van der Waals surface area contributed by atoms with E-state index in [-0.39, 0.29) is 30.5 Å². The van der Waals surface area contributed by atoms with Crippen LogP contribution in [0.25, 0.3) is 0 Å². The summed E-state index contributed by atoms with van der Waals surface area (Å²) in [5.74, 6) is -0.394. The van der Waals surface area contributed by atoms with Crippen LogP contribution < -0.4 is 15.0 Å². The molecule has 1 aliphatic rings. The molecular formula is C19H19N3O5. The molecule has 8 nitrogen and oxygen atoms in total. The summed E-state index contributed by atoms with van der Waals surface area (Å²) < 4.78 is 5.50. The largest absolute Gasteiger partial charge is 0.492 e. The lowest BCUT2D eigenvalue weighted by molar-refractivity contribution is -0.384. The molecule has 0 unspecified atom stereocenters. The van der Waals surface area contributed by atoms with Crippen LogP contribution in [-0.4, -0.2) is 29.9 Å². The topological polar surface area (TPSA) is 102 Å². The average Bonchev–Trinajstić information content (AvgIpc) is 3.05. The van der Waals surface area contributed by atoms with Gasteiger partial charge in [0.25, 0.3) is 5.69 Å². The number of para-hydroxylation sites is 2. The summed E-state index contributed by atoms with van der Waals surface area (Å²) in [5.41, 5.74) is 1.05. The van der Waals surface area contributed by atoms with Crippen LogP contribution in [0.4, 0.5) is 17.1 Å².